The molecule has 1 rings (SSSR count). The molecule has 1 heterocycles. The highest BCUT2D eigenvalue weighted by Crippen LogP contribution is 2.41. The smallest absolute Gasteiger partial charge is 0.186 e. The van der Waals surface area contributed by atoms with Crippen molar-refractivity contribution in [2.24, 2.45) is 0 Å². The van der Waals surface area contributed by atoms with E-state index in [1.165, 1.54) is 11.3 Å². The summed E-state index contributed by atoms with van der Waals surface area (Å²) in [5, 5.41) is 1.90. The first-order valence-electron chi connectivity index (χ1n) is 6.95. The molecule has 0 aliphatic carbocycles. The maximum Gasteiger partial charge on any atom is 0.186 e. The van der Waals surface area contributed by atoms with Crippen molar-refractivity contribution in [1.82, 2.24) is 0 Å². The van der Waals surface area contributed by atoms with Gasteiger partial charge in [0.05, 0.1) is 39.6 Å². The SMILES string of the molecule is COCCOCCOc1csc(Br)c1OCCOCCOC. The van der Waals surface area contributed by atoms with Gasteiger partial charge in [0, 0.05) is 19.6 Å². The molecule has 0 fully saturated rings. The van der Waals surface area contributed by atoms with E-state index in [2.05, 4.69) is 15.9 Å². The summed E-state index contributed by atoms with van der Waals surface area (Å²) in [6.45, 7) is 4.23. The number of ether oxygens (including phenoxy) is 6. The minimum absolute atomic E-state index is 0.458. The predicted molar refractivity (Wildman–Crippen MR) is 88.4 cm³/mol. The van der Waals surface area contributed by atoms with Crippen LogP contribution in [0.3, 0.4) is 0 Å². The number of hydrogen-bond acceptors (Lipinski definition) is 7. The first-order chi connectivity index (χ1) is 10.8. The van der Waals surface area contributed by atoms with Gasteiger partial charge in [-0.3, -0.25) is 0 Å². The Morgan fingerprint density at radius 1 is 0.818 bits per heavy atom. The molecule has 0 spiro atoms. The zero-order valence-electron chi connectivity index (χ0n) is 13.0. The fraction of sp³-hybridized carbons (Fsp3) is 0.714. The highest BCUT2D eigenvalue weighted by atomic mass is 79.9. The van der Waals surface area contributed by atoms with Gasteiger partial charge in [0.25, 0.3) is 0 Å². The van der Waals surface area contributed by atoms with Gasteiger partial charge in [-0.2, -0.15) is 0 Å². The molecule has 128 valence electrons. The zero-order chi connectivity index (χ0) is 16.0. The normalized spacial score (nSPS) is 10.9. The summed E-state index contributed by atoms with van der Waals surface area (Å²) in [4.78, 5) is 0. The van der Waals surface area contributed by atoms with Crippen LogP contribution in [0.2, 0.25) is 0 Å². The van der Waals surface area contributed by atoms with Crippen molar-refractivity contribution < 1.29 is 28.4 Å². The van der Waals surface area contributed by atoms with E-state index in [9.17, 15) is 0 Å². The van der Waals surface area contributed by atoms with Crippen molar-refractivity contribution in [2.45, 2.75) is 0 Å². The zero-order valence-corrected chi connectivity index (χ0v) is 15.4. The molecule has 1 aromatic rings. The third-order valence-corrected chi connectivity index (χ3v) is 4.14. The molecular formula is C14H23BrO6S. The lowest BCUT2D eigenvalue weighted by molar-refractivity contribution is 0.0499. The molecule has 0 unspecified atom stereocenters. The Labute approximate surface area is 143 Å². The number of rotatable bonds is 14. The Hall–Kier alpha value is -0.380. The highest BCUT2D eigenvalue weighted by Gasteiger charge is 2.12. The van der Waals surface area contributed by atoms with Gasteiger partial charge in [0.2, 0.25) is 0 Å². The van der Waals surface area contributed by atoms with E-state index in [1.54, 1.807) is 14.2 Å². The van der Waals surface area contributed by atoms with Crippen LogP contribution >= 0.6 is 27.3 Å². The summed E-state index contributed by atoms with van der Waals surface area (Å²) in [5.74, 6) is 1.42. The van der Waals surface area contributed by atoms with E-state index in [0.29, 0.717) is 64.4 Å². The Morgan fingerprint density at radius 3 is 1.95 bits per heavy atom. The summed E-state index contributed by atoms with van der Waals surface area (Å²) < 4.78 is 32.8. The van der Waals surface area contributed by atoms with E-state index < -0.39 is 0 Å². The van der Waals surface area contributed by atoms with Crippen LogP contribution in [0.25, 0.3) is 0 Å². The van der Waals surface area contributed by atoms with Crippen LogP contribution < -0.4 is 9.47 Å². The average Bonchev–Trinajstić information content (AvgIpc) is 2.87. The molecule has 0 aliphatic rings. The lowest BCUT2D eigenvalue weighted by Crippen LogP contribution is -2.12. The maximum atomic E-state index is 5.70. The van der Waals surface area contributed by atoms with Crippen LogP contribution in [0, 0.1) is 0 Å². The maximum absolute atomic E-state index is 5.70. The fourth-order valence-electron chi connectivity index (χ4n) is 1.44. The van der Waals surface area contributed by atoms with Crippen molar-refractivity contribution >= 4 is 27.3 Å². The Kier molecular flexibility index (Phi) is 11.7. The molecule has 8 heteroatoms. The van der Waals surface area contributed by atoms with Crippen molar-refractivity contribution in [1.29, 1.82) is 0 Å². The Bertz CT molecular complexity index is 387. The van der Waals surface area contributed by atoms with Gasteiger partial charge >= 0.3 is 0 Å². The quantitative estimate of drug-likeness (QED) is 0.449. The molecule has 6 nitrogen and oxygen atoms in total. The molecule has 0 amide bonds. The molecule has 22 heavy (non-hydrogen) atoms. The Morgan fingerprint density at radius 2 is 1.36 bits per heavy atom. The molecule has 0 radical (unpaired) electrons. The summed E-state index contributed by atoms with van der Waals surface area (Å²) in [7, 11) is 3.29. The summed E-state index contributed by atoms with van der Waals surface area (Å²) in [6, 6.07) is 0. The van der Waals surface area contributed by atoms with Crippen LogP contribution in [-0.4, -0.2) is 67.1 Å². The van der Waals surface area contributed by atoms with Gasteiger partial charge in [-0.05, 0) is 15.9 Å². The number of methoxy groups -OCH3 is 2. The van der Waals surface area contributed by atoms with Gasteiger partial charge in [-0.1, -0.05) is 0 Å². The summed E-state index contributed by atoms with van der Waals surface area (Å²) in [6.07, 6.45) is 0. The van der Waals surface area contributed by atoms with E-state index in [4.69, 9.17) is 28.4 Å². The minimum atomic E-state index is 0.458. The molecule has 0 bridgehead atoms. The van der Waals surface area contributed by atoms with E-state index in [1.807, 2.05) is 5.38 Å². The first kappa shape index (κ1) is 19.7. The van der Waals surface area contributed by atoms with Crippen molar-refractivity contribution in [3.05, 3.63) is 9.17 Å². The van der Waals surface area contributed by atoms with Crippen LogP contribution in [0.15, 0.2) is 9.17 Å². The monoisotopic (exact) mass is 398 g/mol. The Balaban J connectivity index is 2.21. The second kappa shape index (κ2) is 13.1. The van der Waals surface area contributed by atoms with Gasteiger partial charge in [-0.25, -0.2) is 0 Å². The molecule has 1 aromatic heterocycles. The molecular weight excluding hydrogens is 376 g/mol. The lowest BCUT2D eigenvalue weighted by Gasteiger charge is -2.10. The third-order valence-electron chi connectivity index (χ3n) is 2.49. The molecule has 0 aromatic carbocycles. The standard InChI is InChI=1S/C14H23BrO6S/c1-16-3-5-18-7-9-20-12-11-22-14(15)13(12)21-10-8-19-6-4-17-2/h11H,3-10H2,1-2H3. The van der Waals surface area contributed by atoms with Crippen LogP contribution in [-0.2, 0) is 18.9 Å². The topological polar surface area (TPSA) is 55.4 Å². The van der Waals surface area contributed by atoms with Crippen molar-refractivity contribution in [3.8, 4) is 11.5 Å². The number of thiophene rings is 1. The molecule has 0 N–H and O–H groups in total. The lowest BCUT2D eigenvalue weighted by atomic mass is 10.5. The second-order valence-corrected chi connectivity index (χ2v) is 6.31. The third kappa shape index (κ3) is 8.30. The van der Waals surface area contributed by atoms with Gasteiger partial charge < -0.3 is 28.4 Å². The minimum Gasteiger partial charge on any atom is -0.486 e. The second-order valence-electron chi connectivity index (χ2n) is 4.11. The van der Waals surface area contributed by atoms with Gasteiger partial charge in [-0.15, -0.1) is 11.3 Å². The summed E-state index contributed by atoms with van der Waals surface area (Å²) in [5.41, 5.74) is 0. The van der Waals surface area contributed by atoms with E-state index in [-0.39, 0.29) is 0 Å². The molecule has 0 aliphatic heterocycles. The van der Waals surface area contributed by atoms with E-state index >= 15 is 0 Å². The molecule has 0 atom stereocenters. The average molecular weight is 399 g/mol. The number of halogens is 1. The molecule has 0 saturated carbocycles. The molecule has 0 saturated heterocycles. The number of hydrogen-bond donors (Lipinski definition) is 0. The summed E-state index contributed by atoms with van der Waals surface area (Å²) >= 11 is 4.98. The van der Waals surface area contributed by atoms with Crippen molar-refractivity contribution in [3.63, 3.8) is 0 Å². The van der Waals surface area contributed by atoms with Crippen LogP contribution in [0.5, 0.6) is 11.5 Å². The van der Waals surface area contributed by atoms with Gasteiger partial charge in [0.15, 0.2) is 11.5 Å². The highest BCUT2D eigenvalue weighted by molar-refractivity contribution is 9.11. The first-order valence-corrected chi connectivity index (χ1v) is 8.62. The van der Waals surface area contributed by atoms with Gasteiger partial charge in [0.1, 0.15) is 17.0 Å². The fourth-order valence-corrected chi connectivity index (χ4v) is 2.68. The predicted octanol–water partition coefficient (Wildman–Crippen LogP) is 2.59. The largest absolute Gasteiger partial charge is 0.486 e. The van der Waals surface area contributed by atoms with Crippen molar-refractivity contribution in [2.75, 3.05) is 67.1 Å². The van der Waals surface area contributed by atoms with E-state index in [0.717, 1.165) is 3.79 Å². The van der Waals surface area contributed by atoms with Crippen LogP contribution in [0.4, 0.5) is 0 Å². The van der Waals surface area contributed by atoms with Crippen LogP contribution in [0.1, 0.15) is 0 Å².